The van der Waals surface area contributed by atoms with Gasteiger partial charge in [-0.1, -0.05) is 139 Å². The van der Waals surface area contributed by atoms with Crippen molar-refractivity contribution in [3.05, 3.63) is 181 Å². The first-order chi connectivity index (χ1) is 40.3. The third kappa shape index (κ3) is 4.76. The Balaban J connectivity index is 1.30. The summed E-state index contributed by atoms with van der Waals surface area (Å²) in [6, 6.07) is -25.9. The number of furan rings is 1. The van der Waals surface area contributed by atoms with Crippen LogP contribution in [0.25, 0.3) is 119 Å². The van der Waals surface area contributed by atoms with Gasteiger partial charge in [-0.05, 0) is 91.3 Å². The first kappa shape index (κ1) is 13.9. The number of nitrogens with zero attached hydrogens (tertiary/aromatic N) is 2. The van der Waals surface area contributed by atoms with E-state index in [2.05, 4.69) is 0 Å². The molecular weight excluding hydrogens is 701 g/mol. The fraction of sp³-hybridized carbons (Fsp3) is 0. The predicted octanol–water partition coefficient (Wildman–Crippen LogP) is 14.9. The fourth-order valence-corrected chi connectivity index (χ4v) is 7.66. The Morgan fingerprint density at radius 2 is 1.11 bits per heavy atom. The summed E-state index contributed by atoms with van der Waals surface area (Å²) >= 11 is 0.615. The third-order valence-corrected chi connectivity index (χ3v) is 10.1. The molecule has 0 N–H and O–H groups in total. The minimum atomic E-state index is -1.02. The van der Waals surface area contributed by atoms with Gasteiger partial charge in [0.2, 0.25) is 0 Å². The molecule has 0 aliphatic rings. The molecule has 260 valence electrons. The van der Waals surface area contributed by atoms with Crippen molar-refractivity contribution in [2.45, 2.75) is 0 Å². The molecule has 0 aliphatic heterocycles. The molecule has 9 aromatic carbocycles. The van der Waals surface area contributed by atoms with Crippen molar-refractivity contribution in [3.63, 3.8) is 0 Å². The zero-order valence-corrected chi connectivity index (χ0v) is 28.5. The molecule has 56 heavy (non-hydrogen) atoms. The molecule has 0 amide bonds. The molecule has 0 unspecified atom stereocenters. The molecule has 0 fully saturated rings. The van der Waals surface area contributed by atoms with Crippen LogP contribution in [0.2, 0.25) is 0 Å². The average molecular weight is 761 g/mol. The number of hydrogen-bond acceptors (Lipinski definition) is 4. The minimum absolute atomic E-state index is 0.195. The first-order valence-electron chi connectivity index (χ1n) is 31.5. The van der Waals surface area contributed by atoms with Crippen LogP contribution in [0.5, 0.6) is 0 Å². The van der Waals surface area contributed by atoms with Crippen LogP contribution in [-0.2, 0) is 0 Å². The highest BCUT2D eigenvalue weighted by Gasteiger charge is 2.23. The second-order valence-corrected chi connectivity index (χ2v) is 13.2. The van der Waals surface area contributed by atoms with E-state index in [1.165, 1.54) is 0 Å². The van der Waals surface area contributed by atoms with Crippen LogP contribution in [0.1, 0.15) is 41.1 Å². The van der Waals surface area contributed by atoms with Crippen molar-refractivity contribution in [1.29, 1.82) is 0 Å². The third-order valence-electron chi connectivity index (χ3n) is 9.04. The van der Waals surface area contributed by atoms with E-state index >= 15 is 0 Å². The van der Waals surface area contributed by atoms with Gasteiger partial charge in [0, 0.05) is 37.5 Å². The Bertz CT molecular complexity index is 5280. The van der Waals surface area contributed by atoms with E-state index in [0.29, 0.717) is 11.3 Å². The van der Waals surface area contributed by atoms with E-state index in [-0.39, 0.29) is 14.8 Å². The molecule has 0 atom stereocenters. The molecule has 12 rings (SSSR count). The number of fused-ring (bicyclic) bond motifs is 10. The van der Waals surface area contributed by atoms with Crippen LogP contribution in [-0.4, -0.2) is 9.97 Å². The number of hydrogen-bond donors (Lipinski definition) is 0. The van der Waals surface area contributed by atoms with E-state index in [4.69, 9.17) is 41.8 Å². The van der Waals surface area contributed by atoms with Crippen LogP contribution in [0.3, 0.4) is 0 Å². The van der Waals surface area contributed by atoms with Crippen molar-refractivity contribution >= 4 is 85.9 Å². The Labute approximate surface area is 367 Å². The van der Waals surface area contributed by atoms with Crippen LogP contribution in [0.15, 0.2) is 186 Å². The van der Waals surface area contributed by atoms with E-state index in [1.54, 1.807) is 0 Å². The Hall–Kier alpha value is -7.14. The lowest BCUT2D eigenvalue weighted by atomic mass is 9.91. The van der Waals surface area contributed by atoms with Gasteiger partial charge >= 0.3 is 0 Å². The molecule has 0 radical (unpaired) electrons. The largest absolute Gasteiger partial charge is 0.455 e. The van der Waals surface area contributed by atoms with Gasteiger partial charge in [-0.25, -0.2) is 9.97 Å². The summed E-state index contributed by atoms with van der Waals surface area (Å²) in [5.41, 5.74) is -6.54. The number of thiophene rings is 1. The topological polar surface area (TPSA) is 38.9 Å². The normalized spacial score (nSPS) is 19.4. The SMILES string of the molecule is [2H]c1c([2H])c([2H])c(-c2c([2H])c([2H])c3c([2H])c(-c4nc(-c5c([2H])c([2H])c(-c6c([2H])c7c([2H])c([2H])c([2H])c([2H])c7c7c([2H])c([2H])c([2H])c([2H])c67)c6oc7c([2H])c([2H])c([2H])c([2H])c7c56)nc5c4sc4c([2H])c([2H])c([2H])c([2H])c45)c([2H])c([2H])c3c2[2H])c([2H])c1[2H]. The van der Waals surface area contributed by atoms with Crippen molar-refractivity contribution in [1.82, 2.24) is 9.97 Å². The quantitative estimate of drug-likeness (QED) is 0.168. The first-order valence-corrected chi connectivity index (χ1v) is 17.3. The van der Waals surface area contributed by atoms with Gasteiger partial charge in [0.05, 0.1) is 57.0 Å². The highest BCUT2D eigenvalue weighted by molar-refractivity contribution is 7.26. The van der Waals surface area contributed by atoms with Crippen molar-refractivity contribution in [3.8, 4) is 44.9 Å². The molecule has 3 nitrogen and oxygen atoms in total. The van der Waals surface area contributed by atoms with Crippen LogP contribution >= 0.6 is 11.3 Å². The molecule has 3 aromatic heterocycles. The number of rotatable bonds is 4. The van der Waals surface area contributed by atoms with Gasteiger partial charge in [-0.2, -0.15) is 0 Å². The van der Waals surface area contributed by atoms with E-state index in [9.17, 15) is 13.7 Å². The summed E-state index contributed by atoms with van der Waals surface area (Å²) in [7, 11) is 0. The summed E-state index contributed by atoms with van der Waals surface area (Å²) in [6.07, 6.45) is 0. The summed E-state index contributed by atoms with van der Waals surface area (Å²) in [4.78, 5) is 9.50. The predicted molar refractivity (Wildman–Crippen MR) is 236 cm³/mol. The molecule has 0 saturated heterocycles. The highest BCUT2D eigenvalue weighted by atomic mass is 32.1. The van der Waals surface area contributed by atoms with Gasteiger partial charge in [-0.15, -0.1) is 11.3 Å². The van der Waals surface area contributed by atoms with Gasteiger partial charge < -0.3 is 4.42 Å². The van der Waals surface area contributed by atoms with E-state index in [0.717, 1.165) is 0 Å². The van der Waals surface area contributed by atoms with Crippen molar-refractivity contribution < 1.29 is 45.5 Å². The Kier molecular flexibility index (Phi) is 3.02. The highest BCUT2D eigenvalue weighted by Crippen LogP contribution is 2.46. The molecule has 3 heterocycles. The summed E-state index contributed by atoms with van der Waals surface area (Å²) in [6.45, 7) is 0. The van der Waals surface area contributed by atoms with Gasteiger partial charge in [-0.3, -0.25) is 0 Å². The molecule has 0 bridgehead atoms. The molecule has 0 spiro atoms. The zero-order valence-electron chi connectivity index (χ0n) is 57.7. The zero-order chi connectivity index (χ0) is 62.9. The van der Waals surface area contributed by atoms with Crippen molar-refractivity contribution in [2.75, 3.05) is 0 Å². The standard InChI is InChI=1S/C52H30N2OS/c1-2-12-31(13-3-1)32-22-23-34-29-36(25-24-33(34)28-32)48-51-49(42-19-9-11-21-46(42)56-51)54-52(53-48)43-27-26-40(50-47(43)41-18-8-10-20-45(41)55-50)44-30-35-14-4-5-15-37(35)38-16-6-7-17-39(38)44/h1-30H/i1D,2D,3D,4D,5D,6D,7D,8D,9D,10D,11D,12D,13D,14D,15D,16D,17D,18D,19D,20D,21D,22D,23D,24D,25D,26D,27D,28D,29D,30D. The lowest BCUT2D eigenvalue weighted by molar-refractivity contribution is 0.670. The summed E-state index contributed by atoms with van der Waals surface area (Å²) in [5, 5.41) is -5.08. The average Bonchev–Trinajstić information content (AvgIpc) is 1.20. The van der Waals surface area contributed by atoms with Crippen LogP contribution in [0, 0.1) is 0 Å². The summed E-state index contributed by atoms with van der Waals surface area (Å²) in [5.74, 6) is -0.773. The van der Waals surface area contributed by atoms with Gasteiger partial charge in [0.1, 0.15) is 11.2 Å². The van der Waals surface area contributed by atoms with Gasteiger partial charge in [0.15, 0.2) is 5.82 Å². The minimum Gasteiger partial charge on any atom is -0.455 e. The Morgan fingerprint density at radius 3 is 1.96 bits per heavy atom. The number of benzene rings is 9. The molecule has 0 aliphatic carbocycles. The maximum atomic E-state index is 10.0. The monoisotopic (exact) mass is 760 g/mol. The molecule has 4 heteroatoms. The maximum Gasteiger partial charge on any atom is 0.161 e. The number of aromatic nitrogens is 2. The molecule has 12 aromatic rings. The number of para-hydroxylation sites is 1. The lowest BCUT2D eigenvalue weighted by Crippen LogP contribution is -1.95. The smallest absolute Gasteiger partial charge is 0.161 e. The fourth-order valence-electron chi connectivity index (χ4n) is 6.62. The maximum absolute atomic E-state index is 10.0. The summed E-state index contributed by atoms with van der Waals surface area (Å²) < 4.78 is 276. The second kappa shape index (κ2) is 12.2. The van der Waals surface area contributed by atoms with E-state index in [1.807, 2.05) is 0 Å². The van der Waals surface area contributed by atoms with E-state index < -0.39 is 286 Å². The molecule has 0 saturated carbocycles. The molecular formula is C52H30N2OS. The van der Waals surface area contributed by atoms with Crippen molar-refractivity contribution in [2.24, 2.45) is 0 Å². The Morgan fingerprint density at radius 1 is 0.446 bits per heavy atom. The lowest BCUT2D eigenvalue weighted by Gasteiger charge is -2.13. The van der Waals surface area contributed by atoms with Crippen LogP contribution < -0.4 is 0 Å². The second-order valence-electron chi connectivity index (χ2n) is 12.1. The van der Waals surface area contributed by atoms with Crippen LogP contribution in [0.4, 0.5) is 0 Å². The van der Waals surface area contributed by atoms with Gasteiger partial charge in [0.25, 0.3) is 0 Å².